The molecule has 10 heavy (non-hydrogen) atoms. The molecule has 0 heterocycles. The summed E-state index contributed by atoms with van der Waals surface area (Å²) in [7, 11) is 0. The summed E-state index contributed by atoms with van der Waals surface area (Å²) in [6.45, 7) is 0. The summed E-state index contributed by atoms with van der Waals surface area (Å²) in [6, 6.07) is 9.70. The fourth-order valence-electron chi connectivity index (χ4n) is 0.715. The average molecular weight is 133 g/mol. The lowest BCUT2D eigenvalue weighted by Gasteiger charge is -1.86. The molecule has 0 spiro atoms. The molecule has 0 N–H and O–H groups in total. The minimum absolute atomic E-state index is 0. The maximum absolute atomic E-state index is 9.89. The van der Waals surface area contributed by atoms with Crippen LogP contribution in [0.5, 0.6) is 0 Å². The first-order chi connectivity index (χ1) is 4.93. The van der Waals surface area contributed by atoms with Crippen LogP contribution in [-0.2, 0) is 4.79 Å². The molecule has 50 valence electrons. The Kier molecular flexibility index (Phi) is 2.44. The van der Waals surface area contributed by atoms with E-state index < -0.39 is 0 Å². The van der Waals surface area contributed by atoms with Crippen molar-refractivity contribution in [2.45, 2.75) is 0 Å². The minimum Gasteiger partial charge on any atom is -0.299 e. The third kappa shape index (κ3) is 1.86. The monoisotopic (exact) mass is 133 g/mol. The van der Waals surface area contributed by atoms with Crippen molar-refractivity contribution in [2.75, 3.05) is 0 Å². The fourth-order valence-corrected chi connectivity index (χ4v) is 0.715. The number of hydrogen-bond donors (Lipinski definition) is 0. The Hall–Kier alpha value is -1.37. The summed E-state index contributed by atoms with van der Waals surface area (Å²) < 4.78 is 0. The van der Waals surface area contributed by atoms with Crippen LogP contribution in [0.1, 0.15) is 6.99 Å². The second-order valence-corrected chi connectivity index (χ2v) is 1.91. The van der Waals surface area contributed by atoms with E-state index in [1.807, 2.05) is 30.3 Å². The lowest BCUT2D eigenvalue weighted by Crippen LogP contribution is -1.67. The van der Waals surface area contributed by atoms with E-state index in [4.69, 9.17) is 0 Å². The first kappa shape index (κ1) is 6.75. The van der Waals surface area contributed by atoms with Gasteiger partial charge in [-0.1, -0.05) is 36.4 Å². The third-order valence-electron chi connectivity index (χ3n) is 1.17. The number of allylic oxidation sites excluding steroid dienone is 1. The van der Waals surface area contributed by atoms with E-state index in [0.717, 1.165) is 11.8 Å². The van der Waals surface area contributed by atoms with Gasteiger partial charge in [-0.3, -0.25) is 4.79 Å². The van der Waals surface area contributed by atoms with Gasteiger partial charge < -0.3 is 0 Å². The van der Waals surface area contributed by atoms with Crippen LogP contribution in [-0.4, -0.2) is 6.29 Å². The smallest absolute Gasteiger partial charge is 0.299 e. The Morgan fingerprint density at radius 3 is 2.50 bits per heavy atom. The molecule has 0 aromatic heterocycles. The van der Waals surface area contributed by atoms with Gasteiger partial charge in [0.2, 0.25) is 0 Å². The number of rotatable bonds is 2. The predicted octanol–water partition coefficient (Wildman–Crippen LogP) is 2.01. The van der Waals surface area contributed by atoms with Gasteiger partial charge in [0.05, 0.1) is 0 Å². The third-order valence-corrected chi connectivity index (χ3v) is 1.17. The van der Waals surface area contributed by atoms with Crippen molar-refractivity contribution >= 4 is 12.4 Å². The lowest BCUT2D eigenvalue weighted by atomic mass is 10.2. The predicted molar refractivity (Wildman–Crippen MR) is 42.7 cm³/mol. The summed E-state index contributed by atoms with van der Waals surface area (Å²) >= 11 is 0. The summed E-state index contributed by atoms with van der Waals surface area (Å²) in [6.07, 6.45) is 4.02. The number of benzene rings is 1. The zero-order valence-corrected chi connectivity index (χ0v) is 5.53. The molecule has 1 rings (SSSR count). The number of aldehydes is 1. The van der Waals surface area contributed by atoms with Gasteiger partial charge in [-0.2, -0.15) is 0 Å². The molecule has 1 heteroatoms. The molecule has 0 bridgehead atoms. The molecule has 0 atom stereocenters. The summed E-state index contributed by atoms with van der Waals surface area (Å²) in [5.41, 5.74) is 1.05. The zero-order chi connectivity index (χ0) is 7.23. The van der Waals surface area contributed by atoms with E-state index in [1.54, 1.807) is 6.08 Å². The largest absolute Gasteiger partial charge is 1.00 e. The van der Waals surface area contributed by atoms with Crippen molar-refractivity contribution in [1.29, 1.82) is 0 Å². The van der Waals surface area contributed by atoms with E-state index in [1.165, 1.54) is 6.08 Å². The molecule has 0 aliphatic rings. The highest BCUT2D eigenvalue weighted by atomic mass is 16.1. The van der Waals surface area contributed by atoms with Crippen LogP contribution >= 0.6 is 0 Å². The molecule has 0 aliphatic carbocycles. The van der Waals surface area contributed by atoms with Crippen LogP contribution in [0.4, 0.5) is 0 Å². The normalized spacial score (nSPS) is 10.0. The minimum atomic E-state index is 0. The van der Waals surface area contributed by atoms with Crippen LogP contribution < -0.4 is 0 Å². The van der Waals surface area contributed by atoms with Gasteiger partial charge in [0.25, 0.3) is 0 Å². The lowest BCUT2D eigenvalue weighted by molar-refractivity contribution is -0.104. The quantitative estimate of drug-likeness (QED) is 0.445. The standard InChI is InChI=1S/C9H8O/c10-8-4-7-9-5-2-1-3-6-9/h1-8H/p+1. The van der Waals surface area contributed by atoms with Gasteiger partial charge in [-0.25, -0.2) is 0 Å². The van der Waals surface area contributed by atoms with Crippen LogP contribution in [0.15, 0.2) is 36.4 Å². The van der Waals surface area contributed by atoms with Crippen molar-refractivity contribution in [3.8, 4) is 0 Å². The Labute approximate surface area is 61.5 Å². The summed E-state index contributed by atoms with van der Waals surface area (Å²) in [5.74, 6) is 0. The Balaban J connectivity index is 0.000001000. The van der Waals surface area contributed by atoms with Crippen LogP contribution in [0.2, 0.25) is 0 Å². The molecule has 0 saturated carbocycles. The second-order valence-electron chi connectivity index (χ2n) is 1.91. The maximum atomic E-state index is 9.89. The van der Waals surface area contributed by atoms with Crippen LogP contribution in [0.3, 0.4) is 0 Å². The molecule has 0 unspecified atom stereocenters. The van der Waals surface area contributed by atoms with Gasteiger partial charge in [0.15, 0.2) is 0 Å². The highest BCUT2D eigenvalue weighted by Gasteiger charge is 1.79. The van der Waals surface area contributed by atoms with E-state index in [0.29, 0.717) is 0 Å². The molecular weight excluding hydrogens is 124 g/mol. The Morgan fingerprint density at radius 1 is 1.20 bits per heavy atom. The van der Waals surface area contributed by atoms with Gasteiger partial charge >= 0.3 is 1.43 Å². The van der Waals surface area contributed by atoms with Gasteiger partial charge in [0.1, 0.15) is 6.29 Å². The van der Waals surface area contributed by atoms with Crippen molar-refractivity contribution < 1.29 is 6.22 Å². The van der Waals surface area contributed by atoms with Crippen molar-refractivity contribution in [3.63, 3.8) is 0 Å². The van der Waals surface area contributed by atoms with Crippen molar-refractivity contribution in [2.24, 2.45) is 0 Å². The van der Waals surface area contributed by atoms with Crippen LogP contribution in [0.25, 0.3) is 6.08 Å². The Morgan fingerprint density at radius 2 is 1.90 bits per heavy atom. The zero-order valence-electron chi connectivity index (χ0n) is 6.53. The van der Waals surface area contributed by atoms with E-state index in [9.17, 15) is 4.79 Å². The van der Waals surface area contributed by atoms with E-state index in [2.05, 4.69) is 0 Å². The molecule has 0 saturated heterocycles. The number of carbonyl (C=O) groups is 1. The molecule has 1 aromatic rings. The van der Waals surface area contributed by atoms with Crippen molar-refractivity contribution in [3.05, 3.63) is 42.0 Å². The summed E-state index contributed by atoms with van der Waals surface area (Å²) in [5, 5.41) is 0. The Bertz CT molecular complexity index is 229. The average Bonchev–Trinajstić information content (AvgIpc) is 2.03. The summed E-state index contributed by atoms with van der Waals surface area (Å²) in [4.78, 5) is 9.89. The van der Waals surface area contributed by atoms with Gasteiger partial charge in [-0.15, -0.1) is 0 Å². The number of carbonyl (C=O) groups excluding carboxylic acids is 1. The number of hydrogen-bond acceptors (Lipinski definition) is 1. The van der Waals surface area contributed by atoms with E-state index in [-0.39, 0.29) is 1.43 Å². The molecule has 1 aromatic carbocycles. The van der Waals surface area contributed by atoms with Crippen molar-refractivity contribution in [1.82, 2.24) is 0 Å². The molecule has 0 radical (unpaired) electrons. The second kappa shape index (κ2) is 3.62. The van der Waals surface area contributed by atoms with E-state index >= 15 is 0 Å². The fraction of sp³-hybridized carbons (Fsp3) is 0. The molecule has 0 aliphatic heterocycles. The maximum Gasteiger partial charge on any atom is 1.00 e. The highest BCUT2D eigenvalue weighted by molar-refractivity contribution is 5.73. The van der Waals surface area contributed by atoms with Crippen LogP contribution in [0, 0.1) is 0 Å². The molecule has 0 amide bonds. The first-order valence-corrected chi connectivity index (χ1v) is 3.10. The van der Waals surface area contributed by atoms with Gasteiger partial charge in [0, 0.05) is 0 Å². The molecule has 1 nitrogen and oxygen atoms in total. The molecular formula is C9H9O+. The SMILES string of the molecule is O=CC=Cc1ccccc1.[H+]. The van der Waals surface area contributed by atoms with Gasteiger partial charge in [-0.05, 0) is 11.6 Å². The highest BCUT2D eigenvalue weighted by Crippen LogP contribution is 1.99. The topological polar surface area (TPSA) is 17.1 Å². The molecule has 0 fully saturated rings. The first-order valence-electron chi connectivity index (χ1n) is 3.10.